The Morgan fingerprint density at radius 1 is 0.822 bits per heavy atom. The molecule has 0 heterocycles. The molecular weight excluding hydrogens is 598 g/mol. The van der Waals surface area contributed by atoms with Crippen molar-refractivity contribution in [3.63, 3.8) is 0 Å². The number of carbonyl (C=O) groups is 2. The average molecular weight is 642 g/mol. The molecule has 3 aromatic carbocycles. The zero-order valence-electron chi connectivity index (χ0n) is 27.1. The smallest absolute Gasteiger partial charge is 0.265 e. The third-order valence-electron chi connectivity index (χ3n) is 7.33. The van der Waals surface area contributed by atoms with E-state index in [0.717, 1.165) is 15.4 Å². The standard InChI is InChI=1S/C33H43N3O8S/c1-22(2)19-34-33(38)24(4)35(20-25-12-10-9-11-23(25)3)32(37)21-36(28-17-26(41-5)13-15-29(28)42-6)45(39,40)27-14-16-30(43-7)31(18-27)44-8/h9-18,22,24H,19-21H2,1-8H3,(H,34,38)/t24-/m0/s1. The van der Waals surface area contributed by atoms with Crippen molar-refractivity contribution < 1.29 is 37.0 Å². The molecule has 0 bridgehead atoms. The Morgan fingerprint density at radius 3 is 2.07 bits per heavy atom. The predicted molar refractivity (Wildman–Crippen MR) is 173 cm³/mol. The Morgan fingerprint density at radius 2 is 1.47 bits per heavy atom. The van der Waals surface area contributed by atoms with Gasteiger partial charge in [0.15, 0.2) is 11.5 Å². The number of ether oxygens (including phenoxy) is 4. The third-order valence-corrected chi connectivity index (χ3v) is 9.09. The van der Waals surface area contributed by atoms with Gasteiger partial charge < -0.3 is 29.2 Å². The van der Waals surface area contributed by atoms with Crippen molar-refractivity contribution in [1.82, 2.24) is 10.2 Å². The number of carbonyl (C=O) groups excluding carboxylic acids is 2. The summed E-state index contributed by atoms with van der Waals surface area (Å²) >= 11 is 0. The molecule has 0 aliphatic carbocycles. The van der Waals surface area contributed by atoms with Crippen LogP contribution in [0.3, 0.4) is 0 Å². The number of benzene rings is 3. The fourth-order valence-corrected chi connectivity index (χ4v) is 6.05. The van der Waals surface area contributed by atoms with Crippen molar-refractivity contribution in [1.29, 1.82) is 0 Å². The summed E-state index contributed by atoms with van der Waals surface area (Å²) in [5.74, 6) is 0.329. The van der Waals surface area contributed by atoms with E-state index >= 15 is 0 Å². The van der Waals surface area contributed by atoms with Crippen LogP contribution in [0.2, 0.25) is 0 Å². The van der Waals surface area contributed by atoms with Gasteiger partial charge in [0.05, 0.1) is 39.0 Å². The molecule has 0 aliphatic heterocycles. The van der Waals surface area contributed by atoms with Crippen LogP contribution in [0.5, 0.6) is 23.0 Å². The summed E-state index contributed by atoms with van der Waals surface area (Å²) in [4.78, 5) is 28.8. The van der Waals surface area contributed by atoms with E-state index in [9.17, 15) is 18.0 Å². The van der Waals surface area contributed by atoms with E-state index < -0.39 is 28.5 Å². The monoisotopic (exact) mass is 641 g/mol. The highest BCUT2D eigenvalue weighted by molar-refractivity contribution is 7.92. The number of nitrogens with one attached hydrogen (secondary N) is 1. The molecule has 1 N–H and O–H groups in total. The lowest BCUT2D eigenvalue weighted by molar-refractivity contribution is -0.139. The molecule has 3 aromatic rings. The van der Waals surface area contributed by atoms with E-state index in [0.29, 0.717) is 18.0 Å². The molecule has 0 saturated heterocycles. The van der Waals surface area contributed by atoms with Crippen LogP contribution in [-0.2, 0) is 26.2 Å². The van der Waals surface area contributed by atoms with Crippen molar-refractivity contribution in [2.75, 3.05) is 45.8 Å². The number of amides is 2. The molecule has 0 unspecified atom stereocenters. The minimum Gasteiger partial charge on any atom is -0.497 e. The number of anilines is 1. The summed E-state index contributed by atoms with van der Waals surface area (Å²) in [5, 5.41) is 2.89. The maximum absolute atomic E-state index is 14.4. The molecule has 0 aliphatic rings. The van der Waals surface area contributed by atoms with Crippen molar-refractivity contribution in [2.45, 2.75) is 45.2 Å². The van der Waals surface area contributed by atoms with Crippen LogP contribution in [0.4, 0.5) is 5.69 Å². The van der Waals surface area contributed by atoms with Gasteiger partial charge in [-0.2, -0.15) is 0 Å². The van der Waals surface area contributed by atoms with Crippen molar-refractivity contribution in [3.8, 4) is 23.0 Å². The zero-order valence-corrected chi connectivity index (χ0v) is 27.9. The molecule has 0 fully saturated rings. The SMILES string of the molecule is COc1ccc(OC)c(N(CC(=O)N(Cc2ccccc2C)[C@@H](C)C(=O)NCC(C)C)S(=O)(=O)c2ccc(OC)c(OC)c2)c1. The fourth-order valence-electron chi connectivity index (χ4n) is 4.62. The number of methoxy groups -OCH3 is 4. The van der Waals surface area contributed by atoms with Crippen LogP contribution in [0.1, 0.15) is 31.9 Å². The minimum atomic E-state index is -4.43. The molecule has 2 amide bonds. The summed E-state index contributed by atoms with van der Waals surface area (Å²) < 4.78 is 51.3. The molecule has 0 aromatic heterocycles. The van der Waals surface area contributed by atoms with Gasteiger partial charge in [-0.15, -0.1) is 0 Å². The van der Waals surface area contributed by atoms with Crippen LogP contribution >= 0.6 is 0 Å². The van der Waals surface area contributed by atoms with Gasteiger partial charge in [-0.3, -0.25) is 13.9 Å². The summed E-state index contributed by atoms with van der Waals surface area (Å²) in [6, 6.07) is 15.4. The van der Waals surface area contributed by atoms with Gasteiger partial charge in [0.1, 0.15) is 24.1 Å². The molecule has 1 atom stereocenters. The zero-order chi connectivity index (χ0) is 33.3. The van der Waals surface area contributed by atoms with E-state index in [2.05, 4.69) is 5.32 Å². The number of sulfonamides is 1. The van der Waals surface area contributed by atoms with Gasteiger partial charge in [-0.05, 0) is 55.2 Å². The lowest BCUT2D eigenvalue weighted by atomic mass is 10.1. The Hall–Kier alpha value is -4.45. The Labute approximate surface area is 266 Å². The topological polar surface area (TPSA) is 124 Å². The van der Waals surface area contributed by atoms with Crippen LogP contribution in [0.25, 0.3) is 0 Å². The molecule has 244 valence electrons. The van der Waals surface area contributed by atoms with Gasteiger partial charge in [-0.25, -0.2) is 8.42 Å². The second-order valence-corrected chi connectivity index (χ2v) is 12.7. The first-order valence-electron chi connectivity index (χ1n) is 14.5. The van der Waals surface area contributed by atoms with Crippen LogP contribution in [0, 0.1) is 12.8 Å². The summed E-state index contributed by atoms with van der Waals surface area (Å²) in [5.41, 5.74) is 1.82. The average Bonchev–Trinajstić information content (AvgIpc) is 3.04. The highest BCUT2D eigenvalue weighted by Crippen LogP contribution is 2.37. The summed E-state index contributed by atoms with van der Waals surface area (Å²) in [6.07, 6.45) is 0. The van der Waals surface area contributed by atoms with Crippen LogP contribution in [-0.4, -0.2) is 72.7 Å². The highest BCUT2D eigenvalue weighted by atomic mass is 32.2. The van der Waals surface area contributed by atoms with E-state index in [4.69, 9.17) is 18.9 Å². The van der Waals surface area contributed by atoms with E-state index in [1.165, 1.54) is 57.6 Å². The molecule has 45 heavy (non-hydrogen) atoms. The third kappa shape index (κ3) is 8.39. The van der Waals surface area contributed by atoms with Gasteiger partial charge in [0, 0.05) is 25.2 Å². The number of nitrogens with zero attached hydrogens (tertiary/aromatic N) is 2. The van der Waals surface area contributed by atoms with E-state index in [1.54, 1.807) is 19.1 Å². The van der Waals surface area contributed by atoms with Crippen LogP contribution < -0.4 is 28.6 Å². The first-order valence-corrected chi connectivity index (χ1v) is 15.9. The van der Waals surface area contributed by atoms with Crippen molar-refractivity contribution >= 4 is 27.5 Å². The lowest BCUT2D eigenvalue weighted by Gasteiger charge is -2.33. The van der Waals surface area contributed by atoms with Gasteiger partial charge >= 0.3 is 0 Å². The maximum atomic E-state index is 14.4. The normalized spacial score (nSPS) is 11.8. The van der Waals surface area contributed by atoms with Crippen molar-refractivity contribution in [3.05, 3.63) is 71.8 Å². The number of hydrogen-bond donors (Lipinski definition) is 1. The Balaban J connectivity index is 2.17. The second-order valence-electron chi connectivity index (χ2n) is 10.8. The molecule has 3 rings (SSSR count). The Kier molecular flexibility index (Phi) is 12.1. The fraction of sp³-hybridized carbons (Fsp3) is 0.394. The van der Waals surface area contributed by atoms with Gasteiger partial charge in [0.25, 0.3) is 10.0 Å². The molecule has 0 radical (unpaired) electrons. The molecule has 0 saturated carbocycles. The molecule has 12 heteroatoms. The van der Waals surface area contributed by atoms with E-state index in [1.807, 2.05) is 45.0 Å². The first kappa shape index (κ1) is 35.0. The highest BCUT2D eigenvalue weighted by Gasteiger charge is 2.34. The number of rotatable bonds is 15. The number of aryl methyl sites for hydroxylation is 1. The van der Waals surface area contributed by atoms with E-state index in [-0.39, 0.29) is 40.5 Å². The van der Waals surface area contributed by atoms with Gasteiger partial charge in [-0.1, -0.05) is 38.1 Å². The minimum absolute atomic E-state index is 0.0766. The summed E-state index contributed by atoms with van der Waals surface area (Å²) in [6.45, 7) is 7.35. The molecule has 0 spiro atoms. The van der Waals surface area contributed by atoms with Crippen LogP contribution in [0.15, 0.2) is 65.6 Å². The van der Waals surface area contributed by atoms with Crippen molar-refractivity contribution in [2.24, 2.45) is 5.92 Å². The summed E-state index contributed by atoms with van der Waals surface area (Å²) in [7, 11) is 1.26. The number of hydrogen-bond acceptors (Lipinski definition) is 8. The quantitative estimate of drug-likeness (QED) is 0.259. The molecular formula is C33H43N3O8S. The largest absolute Gasteiger partial charge is 0.497 e. The second kappa shape index (κ2) is 15.5. The maximum Gasteiger partial charge on any atom is 0.265 e. The lowest BCUT2D eigenvalue weighted by Crippen LogP contribution is -2.51. The van der Waals surface area contributed by atoms with Gasteiger partial charge in [0.2, 0.25) is 11.8 Å². The first-order chi connectivity index (χ1) is 21.4. The molecule has 11 nitrogen and oxygen atoms in total. The predicted octanol–water partition coefficient (Wildman–Crippen LogP) is 4.41. The Bertz CT molecular complexity index is 1590.